The van der Waals surface area contributed by atoms with Gasteiger partial charge in [-0.05, 0) is 56.0 Å². The number of rotatable bonds is 6. The highest BCUT2D eigenvalue weighted by Gasteiger charge is 2.21. The van der Waals surface area contributed by atoms with E-state index in [1.54, 1.807) is 30.6 Å². The van der Waals surface area contributed by atoms with Gasteiger partial charge in [0, 0.05) is 36.2 Å². The molecule has 1 aliphatic heterocycles. The first-order chi connectivity index (χ1) is 14.8. The number of sulfonamides is 1. The molecule has 3 aromatic rings. The zero-order valence-corrected chi connectivity index (χ0v) is 18.3. The van der Waals surface area contributed by atoms with Gasteiger partial charge >= 0.3 is 0 Å². The molecule has 0 saturated carbocycles. The first-order valence-electron chi connectivity index (χ1n) is 10.1. The van der Waals surface area contributed by atoms with Gasteiger partial charge in [-0.15, -0.1) is 0 Å². The van der Waals surface area contributed by atoms with Crippen LogP contribution >= 0.6 is 0 Å². The van der Waals surface area contributed by atoms with Crippen molar-refractivity contribution in [2.45, 2.75) is 25.2 Å². The van der Waals surface area contributed by atoms with E-state index in [0.29, 0.717) is 42.5 Å². The highest BCUT2D eigenvalue weighted by molar-refractivity contribution is 7.89. The quantitative estimate of drug-likeness (QED) is 0.606. The summed E-state index contributed by atoms with van der Waals surface area (Å²) in [6.45, 7) is 5.42. The van der Waals surface area contributed by atoms with Gasteiger partial charge in [-0.2, -0.15) is 0 Å². The van der Waals surface area contributed by atoms with Crippen LogP contribution in [0.1, 0.15) is 17.7 Å². The van der Waals surface area contributed by atoms with Gasteiger partial charge in [0.25, 0.3) is 0 Å². The molecule has 162 valence electrons. The Balaban J connectivity index is 1.68. The van der Waals surface area contributed by atoms with Gasteiger partial charge in [0.2, 0.25) is 10.0 Å². The van der Waals surface area contributed by atoms with Crippen molar-refractivity contribution < 1.29 is 13.2 Å². The van der Waals surface area contributed by atoms with Gasteiger partial charge < -0.3 is 10.5 Å². The molecule has 3 heterocycles. The third kappa shape index (κ3) is 4.73. The van der Waals surface area contributed by atoms with E-state index < -0.39 is 10.0 Å². The summed E-state index contributed by atoms with van der Waals surface area (Å²) in [6.07, 6.45) is 4.12. The SMILES string of the molecule is Cc1cc(-c2nc(-c3cc(S(=O)(=O)NCC4CCOC4)ccc3C)cnc2N)ccn1. The van der Waals surface area contributed by atoms with E-state index in [0.717, 1.165) is 23.2 Å². The smallest absolute Gasteiger partial charge is 0.240 e. The fourth-order valence-corrected chi connectivity index (χ4v) is 4.67. The molecule has 8 nitrogen and oxygen atoms in total. The summed E-state index contributed by atoms with van der Waals surface area (Å²) < 4.78 is 33.7. The number of aryl methyl sites for hydroxylation is 2. The summed E-state index contributed by atoms with van der Waals surface area (Å²) in [5.41, 5.74) is 10.4. The molecule has 4 rings (SSSR count). The lowest BCUT2D eigenvalue weighted by Crippen LogP contribution is -2.29. The highest BCUT2D eigenvalue weighted by atomic mass is 32.2. The van der Waals surface area contributed by atoms with Crippen molar-refractivity contribution in [1.82, 2.24) is 19.7 Å². The third-order valence-electron chi connectivity index (χ3n) is 5.35. The number of benzene rings is 1. The van der Waals surface area contributed by atoms with Crippen LogP contribution in [0.4, 0.5) is 5.82 Å². The first kappa shape index (κ1) is 21.4. The number of nitrogens with two attached hydrogens (primary N) is 1. The largest absolute Gasteiger partial charge is 0.382 e. The zero-order chi connectivity index (χ0) is 22.0. The molecule has 1 aliphatic rings. The molecule has 9 heteroatoms. The summed E-state index contributed by atoms with van der Waals surface area (Å²) in [7, 11) is -3.66. The van der Waals surface area contributed by atoms with Crippen molar-refractivity contribution in [3.8, 4) is 22.5 Å². The van der Waals surface area contributed by atoms with Crippen LogP contribution in [0.25, 0.3) is 22.5 Å². The summed E-state index contributed by atoms with van der Waals surface area (Å²) in [5.74, 6) is 0.505. The minimum atomic E-state index is -3.66. The van der Waals surface area contributed by atoms with Crippen molar-refractivity contribution in [3.05, 3.63) is 54.0 Å². The Kier molecular flexibility index (Phi) is 5.99. The van der Waals surface area contributed by atoms with E-state index in [2.05, 4.69) is 14.7 Å². The minimum Gasteiger partial charge on any atom is -0.382 e. The number of hydrogen-bond donors (Lipinski definition) is 2. The Bertz CT molecular complexity index is 1210. The maximum absolute atomic E-state index is 12.8. The van der Waals surface area contributed by atoms with Crippen LogP contribution in [-0.4, -0.2) is 43.1 Å². The van der Waals surface area contributed by atoms with Gasteiger partial charge in [-0.3, -0.25) is 4.98 Å². The van der Waals surface area contributed by atoms with Crippen LogP contribution in [0.15, 0.2) is 47.6 Å². The average Bonchev–Trinajstić information content (AvgIpc) is 3.27. The van der Waals surface area contributed by atoms with Crippen molar-refractivity contribution in [2.75, 3.05) is 25.5 Å². The van der Waals surface area contributed by atoms with Crippen molar-refractivity contribution in [3.63, 3.8) is 0 Å². The van der Waals surface area contributed by atoms with Crippen molar-refractivity contribution in [1.29, 1.82) is 0 Å². The minimum absolute atomic E-state index is 0.187. The molecule has 0 radical (unpaired) electrons. The summed E-state index contributed by atoms with van der Waals surface area (Å²) in [5, 5.41) is 0. The second kappa shape index (κ2) is 8.70. The van der Waals surface area contributed by atoms with E-state index in [4.69, 9.17) is 15.5 Å². The predicted octanol–water partition coefficient (Wildman–Crippen LogP) is 2.72. The Morgan fingerprint density at radius 1 is 1.19 bits per heavy atom. The fraction of sp³-hybridized carbons (Fsp3) is 0.318. The van der Waals surface area contributed by atoms with E-state index in [9.17, 15) is 8.42 Å². The van der Waals surface area contributed by atoms with E-state index in [1.807, 2.05) is 26.0 Å². The molecule has 0 amide bonds. The van der Waals surface area contributed by atoms with Crippen LogP contribution in [0, 0.1) is 19.8 Å². The van der Waals surface area contributed by atoms with Gasteiger partial charge in [-0.1, -0.05) is 6.07 Å². The van der Waals surface area contributed by atoms with Crippen molar-refractivity contribution in [2.24, 2.45) is 5.92 Å². The van der Waals surface area contributed by atoms with Crippen LogP contribution in [0.3, 0.4) is 0 Å². The molecule has 1 aromatic carbocycles. The Morgan fingerprint density at radius 3 is 2.77 bits per heavy atom. The Hall–Kier alpha value is -2.88. The maximum Gasteiger partial charge on any atom is 0.240 e. The molecule has 0 bridgehead atoms. The second-order valence-electron chi connectivity index (χ2n) is 7.73. The summed E-state index contributed by atoms with van der Waals surface area (Å²) in [6, 6.07) is 8.71. The van der Waals surface area contributed by atoms with Crippen LogP contribution in [0.2, 0.25) is 0 Å². The molecule has 0 spiro atoms. The van der Waals surface area contributed by atoms with Gasteiger partial charge in [0.15, 0.2) is 0 Å². The third-order valence-corrected chi connectivity index (χ3v) is 6.77. The summed E-state index contributed by atoms with van der Waals surface area (Å²) in [4.78, 5) is 13.4. The molecule has 1 atom stereocenters. The number of nitrogen functional groups attached to an aromatic ring is 1. The Morgan fingerprint density at radius 2 is 2.03 bits per heavy atom. The monoisotopic (exact) mass is 439 g/mol. The topological polar surface area (TPSA) is 120 Å². The Labute approximate surface area is 182 Å². The number of hydrogen-bond acceptors (Lipinski definition) is 7. The van der Waals surface area contributed by atoms with Crippen LogP contribution in [-0.2, 0) is 14.8 Å². The predicted molar refractivity (Wildman–Crippen MR) is 119 cm³/mol. The molecular formula is C22H25N5O3S. The zero-order valence-electron chi connectivity index (χ0n) is 17.5. The van der Waals surface area contributed by atoms with Gasteiger partial charge in [0.05, 0.1) is 23.4 Å². The first-order valence-corrected chi connectivity index (χ1v) is 11.6. The normalized spacial score (nSPS) is 16.5. The van der Waals surface area contributed by atoms with Crippen LogP contribution in [0.5, 0.6) is 0 Å². The number of aromatic nitrogens is 3. The molecular weight excluding hydrogens is 414 g/mol. The number of ether oxygens (including phenoxy) is 1. The van der Waals surface area contributed by atoms with Crippen LogP contribution < -0.4 is 10.5 Å². The molecule has 1 saturated heterocycles. The number of nitrogens with zero attached hydrogens (tertiary/aromatic N) is 3. The molecule has 3 N–H and O–H groups in total. The number of nitrogens with one attached hydrogen (secondary N) is 1. The molecule has 31 heavy (non-hydrogen) atoms. The standard InChI is InChI=1S/C22H25N5O3S/c1-14-3-4-18(31(28,29)26-11-16-6-8-30-13-16)10-19(14)20-12-25-22(23)21(27-20)17-5-7-24-15(2)9-17/h3-5,7,9-10,12,16,26H,6,8,11,13H2,1-2H3,(H2,23,25). The summed E-state index contributed by atoms with van der Waals surface area (Å²) >= 11 is 0. The van der Waals surface area contributed by atoms with Gasteiger partial charge in [-0.25, -0.2) is 23.1 Å². The lowest BCUT2D eigenvalue weighted by Gasteiger charge is -2.13. The number of anilines is 1. The van der Waals surface area contributed by atoms with Crippen molar-refractivity contribution >= 4 is 15.8 Å². The van der Waals surface area contributed by atoms with E-state index in [-0.39, 0.29) is 10.8 Å². The number of pyridine rings is 1. The lowest BCUT2D eigenvalue weighted by atomic mass is 10.1. The molecule has 1 fully saturated rings. The molecule has 2 aromatic heterocycles. The maximum atomic E-state index is 12.8. The second-order valence-corrected chi connectivity index (χ2v) is 9.50. The van der Waals surface area contributed by atoms with E-state index in [1.165, 1.54) is 0 Å². The van der Waals surface area contributed by atoms with E-state index >= 15 is 0 Å². The van der Waals surface area contributed by atoms with Gasteiger partial charge in [0.1, 0.15) is 11.5 Å². The lowest BCUT2D eigenvalue weighted by molar-refractivity contribution is 0.186. The molecule has 1 unspecified atom stereocenters. The highest BCUT2D eigenvalue weighted by Crippen LogP contribution is 2.29. The average molecular weight is 440 g/mol. The fourth-order valence-electron chi connectivity index (χ4n) is 3.53. The molecule has 0 aliphatic carbocycles.